The number of nitro benzene ring substituents is 1. The minimum absolute atomic E-state index is 0.0658. The monoisotopic (exact) mass is 531 g/mol. The van der Waals surface area contributed by atoms with Crippen LogP contribution in [0, 0.1) is 17.0 Å². The number of ketones is 1. The molecule has 0 aromatic heterocycles. The molecule has 2 amide bonds. The van der Waals surface area contributed by atoms with Crippen LogP contribution in [-0.2, 0) is 4.79 Å². The third kappa shape index (κ3) is 7.45. The number of amides is 2. The van der Waals surface area contributed by atoms with Gasteiger partial charge in [-0.3, -0.25) is 24.5 Å². The van der Waals surface area contributed by atoms with Crippen molar-refractivity contribution in [2.75, 3.05) is 5.32 Å². The van der Waals surface area contributed by atoms with Gasteiger partial charge in [-0.1, -0.05) is 54.1 Å². The van der Waals surface area contributed by atoms with Crippen LogP contribution in [0.1, 0.15) is 37.4 Å². The Morgan fingerprint density at radius 2 is 1.38 bits per heavy atom. The molecule has 4 rings (SSSR count). The highest BCUT2D eigenvalue weighted by Gasteiger charge is 2.16. The molecule has 8 nitrogen and oxygen atoms in total. The number of hydrogen-bond acceptors (Lipinski definition) is 5. The maximum absolute atomic E-state index is 13.2. The first-order chi connectivity index (χ1) is 19.3. The number of carbonyl (C=O) groups excluding carboxylic acids is 3. The van der Waals surface area contributed by atoms with Gasteiger partial charge in [0.25, 0.3) is 17.5 Å². The van der Waals surface area contributed by atoms with Gasteiger partial charge in [0.15, 0.2) is 5.78 Å². The van der Waals surface area contributed by atoms with Gasteiger partial charge in [-0.05, 0) is 78.7 Å². The molecule has 0 saturated heterocycles. The molecule has 0 fully saturated rings. The summed E-state index contributed by atoms with van der Waals surface area (Å²) in [7, 11) is 0. The van der Waals surface area contributed by atoms with Crippen molar-refractivity contribution in [3.63, 3.8) is 0 Å². The molecule has 0 heterocycles. The number of aryl methyl sites for hydroxylation is 1. The third-order valence-electron chi connectivity index (χ3n) is 5.88. The smallest absolute Gasteiger partial charge is 0.272 e. The number of carbonyl (C=O) groups is 3. The van der Waals surface area contributed by atoms with Crippen molar-refractivity contribution in [3.8, 4) is 0 Å². The Balaban J connectivity index is 1.50. The van der Waals surface area contributed by atoms with Crippen molar-refractivity contribution < 1.29 is 19.3 Å². The third-order valence-corrected chi connectivity index (χ3v) is 5.88. The quantitative estimate of drug-likeness (QED) is 0.115. The lowest BCUT2D eigenvalue weighted by Gasteiger charge is -2.12. The van der Waals surface area contributed by atoms with Crippen LogP contribution in [0.3, 0.4) is 0 Å². The fraction of sp³-hybridized carbons (Fsp3) is 0.0312. The lowest BCUT2D eigenvalue weighted by Crippen LogP contribution is -2.30. The van der Waals surface area contributed by atoms with Crippen molar-refractivity contribution in [2.45, 2.75) is 6.92 Å². The van der Waals surface area contributed by atoms with Gasteiger partial charge >= 0.3 is 0 Å². The summed E-state index contributed by atoms with van der Waals surface area (Å²) in [6.07, 6.45) is 4.65. The maximum Gasteiger partial charge on any atom is 0.272 e. The number of hydrogen-bond donors (Lipinski definition) is 2. The fourth-order valence-electron chi connectivity index (χ4n) is 3.66. The Kier molecular flexibility index (Phi) is 8.73. The Labute approximate surface area is 230 Å². The zero-order chi connectivity index (χ0) is 28.5. The fourth-order valence-corrected chi connectivity index (χ4v) is 3.66. The highest BCUT2D eigenvalue weighted by molar-refractivity contribution is 6.11. The van der Waals surface area contributed by atoms with Gasteiger partial charge in [0.1, 0.15) is 5.70 Å². The van der Waals surface area contributed by atoms with Gasteiger partial charge in [-0.2, -0.15) is 0 Å². The van der Waals surface area contributed by atoms with Crippen LogP contribution in [-0.4, -0.2) is 22.5 Å². The van der Waals surface area contributed by atoms with E-state index in [-0.39, 0.29) is 17.2 Å². The van der Waals surface area contributed by atoms with Crippen LogP contribution in [0.25, 0.3) is 12.2 Å². The Bertz CT molecular complexity index is 1590. The molecule has 0 aliphatic heterocycles. The number of nitro groups is 1. The summed E-state index contributed by atoms with van der Waals surface area (Å²) in [5.41, 5.74) is 3.56. The van der Waals surface area contributed by atoms with E-state index in [0.717, 1.165) is 11.1 Å². The van der Waals surface area contributed by atoms with E-state index in [1.165, 1.54) is 36.4 Å². The molecular formula is C32H25N3O5. The molecule has 0 aliphatic carbocycles. The number of non-ortho nitro benzene ring substituents is 1. The molecule has 2 N–H and O–H groups in total. The van der Waals surface area contributed by atoms with Gasteiger partial charge in [0, 0.05) is 28.9 Å². The van der Waals surface area contributed by atoms with Crippen LogP contribution in [0.15, 0.2) is 115 Å². The standard InChI is InChI=1S/C32H25N3O5/c1-22-7-9-23(10-8-22)13-20-30(36)25-14-16-27(17-15-25)33-32(38)29(34-31(37)26-5-3-2-4-6-26)21-24-11-18-28(19-12-24)35(39)40/h2-21H,1H3,(H,33,38)(H,34,37)/b20-13+,29-21-. The summed E-state index contributed by atoms with van der Waals surface area (Å²) in [4.78, 5) is 49.0. The zero-order valence-corrected chi connectivity index (χ0v) is 21.5. The number of allylic oxidation sites excluding steroid dienone is 1. The van der Waals surface area contributed by atoms with E-state index >= 15 is 0 Å². The molecule has 4 aromatic rings. The van der Waals surface area contributed by atoms with Gasteiger partial charge in [0.2, 0.25) is 0 Å². The second-order valence-electron chi connectivity index (χ2n) is 8.87. The molecule has 0 radical (unpaired) electrons. The van der Waals surface area contributed by atoms with E-state index in [1.54, 1.807) is 60.7 Å². The predicted molar refractivity (Wildman–Crippen MR) is 155 cm³/mol. The topological polar surface area (TPSA) is 118 Å². The molecule has 0 aliphatic rings. The van der Waals surface area contributed by atoms with E-state index in [2.05, 4.69) is 10.6 Å². The molecule has 198 valence electrons. The van der Waals surface area contributed by atoms with Crippen LogP contribution < -0.4 is 10.6 Å². The summed E-state index contributed by atoms with van der Waals surface area (Å²) in [6.45, 7) is 1.99. The van der Waals surface area contributed by atoms with E-state index in [0.29, 0.717) is 22.4 Å². The minimum atomic E-state index is -0.610. The maximum atomic E-state index is 13.2. The summed E-state index contributed by atoms with van der Waals surface area (Å²) in [6, 6.07) is 28.1. The number of nitrogens with one attached hydrogen (secondary N) is 2. The van der Waals surface area contributed by atoms with Crippen LogP contribution >= 0.6 is 0 Å². The lowest BCUT2D eigenvalue weighted by molar-refractivity contribution is -0.384. The Morgan fingerprint density at radius 3 is 2.00 bits per heavy atom. The second-order valence-corrected chi connectivity index (χ2v) is 8.87. The summed E-state index contributed by atoms with van der Waals surface area (Å²) < 4.78 is 0. The number of nitrogens with zero attached hydrogens (tertiary/aromatic N) is 1. The Hall–Kier alpha value is -5.63. The first kappa shape index (κ1) is 27.4. The lowest BCUT2D eigenvalue weighted by atomic mass is 10.1. The number of rotatable bonds is 9. The highest BCUT2D eigenvalue weighted by Crippen LogP contribution is 2.17. The van der Waals surface area contributed by atoms with Gasteiger partial charge in [0.05, 0.1) is 4.92 Å². The minimum Gasteiger partial charge on any atom is -0.321 e. The van der Waals surface area contributed by atoms with Gasteiger partial charge in [-0.25, -0.2) is 0 Å². The van der Waals surface area contributed by atoms with Crippen molar-refractivity contribution in [3.05, 3.63) is 153 Å². The first-order valence-corrected chi connectivity index (χ1v) is 12.3. The van der Waals surface area contributed by atoms with E-state index in [9.17, 15) is 24.5 Å². The number of anilines is 1. The molecular weight excluding hydrogens is 506 g/mol. The van der Waals surface area contributed by atoms with Crippen LogP contribution in [0.5, 0.6) is 0 Å². The molecule has 4 aromatic carbocycles. The summed E-state index contributed by atoms with van der Waals surface area (Å²) in [5, 5.41) is 16.3. The molecule has 0 unspecified atom stereocenters. The van der Waals surface area contributed by atoms with E-state index in [4.69, 9.17) is 0 Å². The second kappa shape index (κ2) is 12.7. The number of benzene rings is 4. The molecule has 40 heavy (non-hydrogen) atoms. The largest absolute Gasteiger partial charge is 0.321 e. The molecule has 0 saturated carbocycles. The molecule has 0 spiro atoms. The van der Waals surface area contributed by atoms with Crippen molar-refractivity contribution in [2.24, 2.45) is 0 Å². The van der Waals surface area contributed by atoms with Gasteiger partial charge < -0.3 is 10.6 Å². The SMILES string of the molecule is Cc1ccc(/C=C/C(=O)c2ccc(NC(=O)/C(=C/c3ccc([N+](=O)[O-])cc3)NC(=O)c3ccccc3)cc2)cc1. The van der Waals surface area contributed by atoms with Crippen molar-refractivity contribution in [1.82, 2.24) is 5.32 Å². The molecule has 0 atom stereocenters. The summed E-state index contributed by atoms with van der Waals surface area (Å²) >= 11 is 0. The van der Waals surface area contributed by atoms with E-state index < -0.39 is 16.7 Å². The van der Waals surface area contributed by atoms with E-state index in [1.807, 2.05) is 31.2 Å². The Morgan fingerprint density at radius 1 is 0.750 bits per heavy atom. The highest BCUT2D eigenvalue weighted by atomic mass is 16.6. The van der Waals surface area contributed by atoms with Crippen molar-refractivity contribution in [1.29, 1.82) is 0 Å². The normalized spacial score (nSPS) is 11.2. The van der Waals surface area contributed by atoms with Crippen molar-refractivity contribution >= 4 is 41.1 Å². The summed E-state index contributed by atoms with van der Waals surface area (Å²) in [5.74, 6) is -1.29. The van der Waals surface area contributed by atoms with Crippen LogP contribution in [0.4, 0.5) is 11.4 Å². The average Bonchev–Trinajstić information content (AvgIpc) is 2.97. The molecule has 0 bridgehead atoms. The average molecular weight is 532 g/mol. The van der Waals surface area contributed by atoms with Crippen LogP contribution in [0.2, 0.25) is 0 Å². The first-order valence-electron chi connectivity index (χ1n) is 12.3. The molecule has 8 heteroatoms. The van der Waals surface area contributed by atoms with Gasteiger partial charge in [-0.15, -0.1) is 0 Å². The predicted octanol–water partition coefficient (Wildman–Crippen LogP) is 6.21. The zero-order valence-electron chi connectivity index (χ0n) is 21.5.